The van der Waals surface area contributed by atoms with Crippen LogP contribution in [-0.2, 0) is 5.88 Å². The third kappa shape index (κ3) is 1.35. The van der Waals surface area contributed by atoms with Crippen LogP contribution in [-0.4, -0.2) is 0 Å². The second-order valence-electron chi connectivity index (χ2n) is 3.56. The molecule has 0 aliphatic rings. The molecule has 2 aromatic carbocycles. The fraction of sp³-hybridized carbons (Fsp3) is 0.0769. The molecule has 0 amide bonds. The number of hydrogen-bond acceptors (Lipinski definition) is 1. The number of rotatable bonds is 1. The van der Waals surface area contributed by atoms with Crippen LogP contribution in [0.5, 0.6) is 0 Å². The average molecular weight is 233 g/mol. The highest BCUT2D eigenvalue weighted by atomic mass is 35.5. The van der Waals surface area contributed by atoms with Crippen LogP contribution in [0.1, 0.15) is 5.56 Å². The van der Waals surface area contributed by atoms with Gasteiger partial charge in [0.1, 0.15) is 0 Å². The van der Waals surface area contributed by atoms with Crippen LogP contribution in [0.25, 0.3) is 20.9 Å². The summed E-state index contributed by atoms with van der Waals surface area (Å²) in [6.07, 6.45) is 0. The Morgan fingerprint density at radius 2 is 1.87 bits per heavy atom. The summed E-state index contributed by atoms with van der Waals surface area (Å²) in [6.45, 7) is 0. The Morgan fingerprint density at radius 3 is 2.73 bits per heavy atom. The average Bonchev–Trinajstić information content (AvgIpc) is 2.72. The molecule has 2 heteroatoms. The smallest absolute Gasteiger partial charge is 0.0488 e. The molecule has 0 saturated heterocycles. The van der Waals surface area contributed by atoms with E-state index in [2.05, 4.69) is 41.8 Å². The Hall–Kier alpha value is -1.05. The monoisotopic (exact) mass is 232 g/mol. The van der Waals surface area contributed by atoms with Crippen molar-refractivity contribution in [2.24, 2.45) is 0 Å². The Balaban J connectivity index is 2.50. The summed E-state index contributed by atoms with van der Waals surface area (Å²) in [4.78, 5) is 0. The number of alkyl halides is 1. The first-order valence-electron chi connectivity index (χ1n) is 4.84. The van der Waals surface area contributed by atoms with Crippen LogP contribution in [0.2, 0.25) is 0 Å². The minimum Gasteiger partial charge on any atom is -0.143 e. The van der Waals surface area contributed by atoms with Crippen molar-refractivity contribution in [2.45, 2.75) is 5.88 Å². The molecule has 0 bridgehead atoms. The van der Waals surface area contributed by atoms with Crippen LogP contribution >= 0.6 is 22.9 Å². The fourth-order valence-electron chi connectivity index (χ4n) is 1.92. The summed E-state index contributed by atoms with van der Waals surface area (Å²) in [5, 5.41) is 6.09. The molecule has 0 nitrogen and oxygen atoms in total. The topological polar surface area (TPSA) is 0 Å². The number of thiophene rings is 1. The number of benzene rings is 2. The second kappa shape index (κ2) is 3.51. The number of hydrogen-bond donors (Lipinski definition) is 0. The van der Waals surface area contributed by atoms with Gasteiger partial charge < -0.3 is 0 Å². The van der Waals surface area contributed by atoms with Gasteiger partial charge in [0.2, 0.25) is 0 Å². The molecule has 1 heterocycles. The zero-order chi connectivity index (χ0) is 10.3. The Morgan fingerprint density at radius 1 is 1.00 bits per heavy atom. The number of fused-ring (bicyclic) bond motifs is 3. The van der Waals surface area contributed by atoms with Crippen molar-refractivity contribution in [1.29, 1.82) is 0 Å². The maximum Gasteiger partial charge on any atom is 0.0488 e. The van der Waals surface area contributed by atoms with E-state index in [4.69, 9.17) is 11.6 Å². The fourth-order valence-corrected chi connectivity index (χ4v) is 3.34. The molecule has 0 unspecified atom stereocenters. The van der Waals surface area contributed by atoms with Gasteiger partial charge in [-0.05, 0) is 27.1 Å². The summed E-state index contributed by atoms with van der Waals surface area (Å²) in [5.41, 5.74) is 1.24. The maximum absolute atomic E-state index is 5.91. The SMILES string of the molecule is ClCc1csc2c1ccc1ccccc12. The molecule has 0 spiro atoms. The summed E-state index contributed by atoms with van der Waals surface area (Å²) < 4.78 is 1.35. The lowest BCUT2D eigenvalue weighted by atomic mass is 10.1. The maximum atomic E-state index is 5.91. The lowest BCUT2D eigenvalue weighted by molar-refractivity contribution is 1.50. The molecule has 15 heavy (non-hydrogen) atoms. The first kappa shape index (κ1) is 9.20. The molecular formula is C13H9ClS. The molecular weight excluding hydrogens is 224 g/mol. The molecule has 0 aliphatic carbocycles. The van der Waals surface area contributed by atoms with Gasteiger partial charge in [-0.3, -0.25) is 0 Å². The van der Waals surface area contributed by atoms with E-state index in [0.29, 0.717) is 5.88 Å². The van der Waals surface area contributed by atoms with Crippen molar-refractivity contribution >= 4 is 43.8 Å². The highest BCUT2D eigenvalue weighted by molar-refractivity contribution is 7.18. The molecule has 0 atom stereocenters. The lowest BCUT2D eigenvalue weighted by Crippen LogP contribution is -1.75. The zero-order valence-corrected chi connectivity index (χ0v) is 9.61. The van der Waals surface area contributed by atoms with Crippen molar-refractivity contribution in [3.8, 4) is 0 Å². The van der Waals surface area contributed by atoms with E-state index >= 15 is 0 Å². The van der Waals surface area contributed by atoms with Gasteiger partial charge in [0.05, 0.1) is 0 Å². The first-order valence-corrected chi connectivity index (χ1v) is 6.25. The lowest BCUT2D eigenvalue weighted by Gasteiger charge is -1.99. The van der Waals surface area contributed by atoms with Crippen LogP contribution in [0.4, 0.5) is 0 Å². The standard InChI is InChI=1S/C13H9ClS/c14-7-10-8-15-13-11-4-2-1-3-9(11)5-6-12(10)13/h1-6,8H,7H2. The molecule has 0 fully saturated rings. The van der Waals surface area contributed by atoms with Gasteiger partial charge in [0.25, 0.3) is 0 Å². The Labute approximate surface area is 97.1 Å². The third-order valence-corrected chi connectivity index (χ3v) is 4.05. The van der Waals surface area contributed by atoms with Gasteiger partial charge in [0.15, 0.2) is 0 Å². The highest BCUT2D eigenvalue weighted by Crippen LogP contribution is 2.33. The molecule has 3 rings (SSSR count). The first-order chi connectivity index (χ1) is 7.40. The summed E-state index contributed by atoms with van der Waals surface area (Å²) in [7, 11) is 0. The van der Waals surface area contributed by atoms with Gasteiger partial charge >= 0.3 is 0 Å². The third-order valence-electron chi connectivity index (χ3n) is 2.69. The normalized spacial score (nSPS) is 11.3. The van der Waals surface area contributed by atoms with E-state index in [1.807, 2.05) is 0 Å². The Bertz CT molecular complexity index is 625. The van der Waals surface area contributed by atoms with Gasteiger partial charge in [-0.25, -0.2) is 0 Å². The van der Waals surface area contributed by atoms with Crippen LogP contribution in [0.3, 0.4) is 0 Å². The van der Waals surface area contributed by atoms with Gasteiger partial charge in [-0.2, -0.15) is 0 Å². The summed E-state index contributed by atoms with van der Waals surface area (Å²) in [6, 6.07) is 12.8. The minimum absolute atomic E-state index is 0.596. The van der Waals surface area contributed by atoms with Crippen molar-refractivity contribution in [3.63, 3.8) is 0 Å². The van der Waals surface area contributed by atoms with E-state index in [1.54, 1.807) is 11.3 Å². The molecule has 74 valence electrons. The van der Waals surface area contributed by atoms with E-state index in [0.717, 1.165) is 0 Å². The molecule has 1 aromatic heterocycles. The van der Waals surface area contributed by atoms with Crippen molar-refractivity contribution in [2.75, 3.05) is 0 Å². The van der Waals surface area contributed by atoms with Crippen molar-refractivity contribution in [3.05, 3.63) is 47.3 Å². The summed E-state index contributed by atoms with van der Waals surface area (Å²) in [5.74, 6) is 0.596. The van der Waals surface area contributed by atoms with Crippen LogP contribution in [0, 0.1) is 0 Å². The van der Waals surface area contributed by atoms with E-state index < -0.39 is 0 Å². The predicted molar refractivity (Wildman–Crippen MR) is 68.9 cm³/mol. The van der Waals surface area contributed by atoms with Gasteiger partial charge in [-0.15, -0.1) is 22.9 Å². The zero-order valence-electron chi connectivity index (χ0n) is 8.03. The van der Waals surface area contributed by atoms with Crippen LogP contribution < -0.4 is 0 Å². The minimum atomic E-state index is 0.596. The van der Waals surface area contributed by atoms with Crippen molar-refractivity contribution in [1.82, 2.24) is 0 Å². The van der Waals surface area contributed by atoms with E-state index in [1.165, 1.54) is 26.4 Å². The van der Waals surface area contributed by atoms with Crippen molar-refractivity contribution < 1.29 is 0 Å². The highest BCUT2D eigenvalue weighted by Gasteiger charge is 2.05. The van der Waals surface area contributed by atoms with Crippen LogP contribution in [0.15, 0.2) is 41.8 Å². The molecule has 0 saturated carbocycles. The molecule has 3 aromatic rings. The Kier molecular flexibility index (Phi) is 2.15. The van der Waals surface area contributed by atoms with E-state index in [-0.39, 0.29) is 0 Å². The van der Waals surface area contributed by atoms with Gasteiger partial charge in [0, 0.05) is 10.6 Å². The largest absolute Gasteiger partial charge is 0.143 e. The van der Waals surface area contributed by atoms with E-state index in [9.17, 15) is 0 Å². The predicted octanol–water partition coefficient (Wildman–Crippen LogP) is 4.79. The number of halogens is 1. The molecule has 0 aliphatic heterocycles. The van der Waals surface area contributed by atoms with Gasteiger partial charge in [-0.1, -0.05) is 36.4 Å². The molecule has 0 N–H and O–H groups in total. The quantitative estimate of drug-likeness (QED) is 0.529. The second-order valence-corrected chi connectivity index (χ2v) is 4.70. The summed E-state index contributed by atoms with van der Waals surface area (Å²) >= 11 is 7.69. The molecule has 0 radical (unpaired) electrons.